The van der Waals surface area contributed by atoms with Gasteiger partial charge in [-0.15, -0.1) is 0 Å². The minimum absolute atomic E-state index is 0.740. The lowest BCUT2D eigenvalue weighted by Gasteiger charge is -2.08. The van der Waals surface area contributed by atoms with E-state index in [1.165, 1.54) is 0 Å². The van der Waals surface area contributed by atoms with E-state index in [4.69, 9.17) is 5.73 Å². The highest BCUT2D eigenvalue weighted by atomic mass is 79.9. The summed E-state index contributed by atoms with van der Waals surface area (Å²) in [4.78, 5) is 4.24. The molecule has 4 nitrogen and oxygen atoms in total. The van der Waals surface area contributed by atoms with Crippen LogP contribution in [0.5, 0.6) is 0 Å². The Labute approximate surface area is 90.7 Å². The van der Waals surface area contributed by atoms with Gasteiger partial charge in [0, 0.05) is 16.7 Å². The molecular weight excluding hydrogens is 244 g/mol. The van der Waals surface area contributed by atoms with E-state index >= 15 is 0 Å². The number of nitrogen functional groups attached to an aromatic ring is 1. The third kappa shape index (κ3) is 1.98. The molecule has 0 saturated carbocycles. The van der Waals surface area contributed by atoms with Crippen LogP contribution in [-0.2, 0) is 0 Å². The van der Waals surface area contributed by atoms with Crippen LogP contribution in [0.3, 0.4) is 0 Å². The summed E-state index contributed by atoms with van der Waals surface area (Å²) in [7, 11) is 0. The maximum Gasteiger partial charge on any atom is 0.195 e. The molecular formula is C9H11BrN4. The Morgan fingerprint density at radius 1 is 1.50 bits per heavy atom. The number of nitrogens with one attached hydrogen (secondary N) is 2. The first-order chi connectivity index (χ1) is 6.75. The first-order valence-electron chi connectivity index (χ1n) is 4.36. The van der Waals surface area contributed by atoms with Gasteiger partial charge in [-0.2, -0.15) is 0 Å². The molecule has 0 atom stereocenters. The monoisotopic (exact) mass is 254 g/mol. The third-order valence-electron chi connectivity index (χ3n) is 1.92. The van der Waals surface area contributed by atoms with Crippen molar-refractivity contribution in [2.75, 3.05) is 24.1 Å². The van der Waals surface area contributed by atoms with Gasteiger partial charge in [0.1, 0.15) is 0 Å². The maximum absolute atomic E-state index is 5.63. The smallest absolute Gasteiger partial charge is 0.195 e. The molecule has 0 saturated heterocycles. The topological polar surface area (TPSA) is 62.4 Å². The van der Waals surface area contributed by atoms with Crippen LogP contribution in [0, 0.1) is 0 Å². The van der Waals surface area contributed by atoms with Crippen LogP contribution in [0.2, 0.25) is 0 Å². The molecule has 0 aromatic heterocycles. The molecule has 0 unspecified atom stereocenters. The Hall–Kier alpha value is -1.23. The van der Waals surface area contributed by atoms with Crippen molar-refractivity contribution in [2.45, 2.75) is 0 Å². The first kappa shape index (κ1) is 9.33. The number of anilines is 2. The summed E-state index contributed by atoms with van der Waals surface area (Å²) in [5.41, 5.74) is 7.34. The van der Waals surface area contributed by atoms with Gasteiger partial charge in [-0.25, -0.2) is 0 Å². The number of guanidine groups is 1. The second-order valence-electron chi connectivity index (χ2n) is 3.02. The highest BCUT2D eigenvalue weighted by Gasteiger charge is 2.06. The largest absolute Gasteiger partial charge is 0.399 e. The summed E-state index contributed by atoms with van der Waals surface area (Å²) in [5.74, 6) is 0.815. The van der Waals surface area contributed by atoms with Crippen LogP contribution in [-0.4, -0.2) is 19.0 Å². The van der Waals surface area contributed by atoms with Gasteiger partial charge in [0.25, 0.3) is 0 Å². The molecule has 0 radical (unpaired) electrons. The number of nitrogens with two attached hydrogens (primary N) is 1. The minimum atomic E-state index is 0.740. The SMILES string of the molecule is Nc1ccc(NC2=NCCN2)c(Br)c1. The lowest BCUT2D eigenvalue weighted by atomic mass is 10.3. The van der Waals surface area contributed by atoms with Crippen molar-refractivity contribution in [3.05, 3.63) is 22.7 Å². The lowest BCUT2D eigenvalue weighted by molar-refractivity contribution is 0.959. The number of hydrogen-bond acceptors (Lipinski definition) is 4. The highest BCUT2D eigenvalue weighted by molar-refractivity contribution is 9.10. The predicted octanol–water partition coefficient (Wildman–Crippen LogP) is 1.40. The van der Waals surface area contributed by atoms with Crippen molar-refractivity contribution in [2.24, 2.45) is 4.99 Å². The molecule has 74 valence electrons. The van der Waals surface area contributed by atoms with E-state index in [-0.39, 0.29) is 0 Å². The predicted molar refractivity (Wildman–Crippen MR) is 62.5 cm³/mol. The first-order valence-corrected chi connectivity index (χ1v) is 5.15. The molecule has 1 aliphatic rings. The molecule has 0 bridgehead atoms. The zero-order valence-corrected chi connectivity index (χ0v) is 9.13. The quantitative estimate of drug-likeness (QED) is 0.665. The molecule has 1 aliphatic heterocycles. The van der Waals surface area contributed by atoms with E-state index < -0.39 is 0 Å². The van der Waals surface area contributed by atoms with Crippen molar-refractivity contribution in [1.29, 1.82) is 0 Å². The summed E-state index contributed by atoms with van der Waals surface area (Å²) in [5, 5.41) is 6.31. The summed E-state index contributed by atoms with van der Waals surface area (Å²) in [6.07, 6.45) is 0. The van der Waals surface area contributed by atoms with Gasteiger partial charge in [0.05, 0.1) is 12.2 Å². The summed E-state index contributed by atoms with van der Waals surface area (Å²) >= 11 is 3.43. The van der Waals surface area contributed by atoms with E-state index in [2.05, 4.69) is 31.6 Å². The molecule has 0 fully saturated rings. The zero-order chi connectivity index (χ0) is 9.97. The molecule has 5 heteroatoms. The molecule has 1 heterocycles. The van der Waals surface area contributed by atoms with Crippen molar-refractivity contribution >= 4 is 33.3 Å². The van der Waals surface area contributed by atoms with Gasteiger partial charge in [0.15, 0.2) is 5.96 Å². The van der Waals surface area contributed by atoms with E-state index in [9.17, 15) is 0 Å². The Kier molecular flexibility index (Phi) is 2.58. The van der Waals surface area contributed by atoms with Gasteiger partial charge in [-0.1, -0.05) is 0 Å². The second kappa shape index (κ2) is 3.88. The van der Waals surface area contributed by atoms with Crippen molar-refractivity contribution < 1.29 is 0 Å². The van der Waals surface area contributed by atoms with Crippen LogP contribution in [0.1, 0.15) is 0 Å². The van der Waals surface area contributed by atoms with E-state index in [0.29, 0.717) is 0 Å². The molecule has 1 aromatic carbocycles. The van der Waals surface area contributed by atoms with Gasteiger partial charge < -0.3 is 16.4 Å². The molecule has 0 amide bonds. The number of aliphatic imine (C=N–C) groups is 1. The molecule has 4 N–H and O–H groups in total. The summed E-state index contributed by atoms with van der Waals surface area (Å²) in [6.45, 7) is 1.73. The van der Waals surface area contributed by atoms with Crippen LogP contribution in [0.4, 0.5) is 11.4 Å². The number of nitrogens with zero attached hydrogens (tertiary/aromatic N) is 1. The average Bonchev–Trinajstić information content (AvgIpc) is 2.62. The lowest BCUT2D eigenvalue weighted by Crippen LogP contribution is -2.26. The normalized spacial score (nSPS) is 14.8. The molecule has 14 heavy (non-hydrogen) atoms. The minimum Gasteiger partial charge on any atom is -0.399 e. The van der Waals surface area contributed by atoms with Crippen LogP contribution >= 0.6 is 15.9 Å². The van der Waals surface area contributed by atoms with Crippen LogP contribution in [0.25, 0.3) is 0 Å². The number of halogens is 1. The fourth-order valence-corrected chi connectivity index (χ4v) is 1.74. The molecule has 0 spiro atoms. The fraction of sp³-hybridized carbons (Fsp3) is 0.222. The van der Waals surface area contributed by atoms with Crippen LogP contribution in [0.15, 0.2) is 27.7 Å². The third-order valence-corrected chi connectivity index (χ3v) is 2.58. The van der Waals surface area contributed by atoms with Crippen molar-refractivity contribution in [3.8, 4) is 0 Å². The Balaban J connectivity index is 2.16. The summed E-state index contributed by atoms with van der Waals surface area (Å²) in [6, 6.07) is 5.63. The van der Waals surface area contributed by atoms with Crippen molar-refractivity contribution in [3.63, 3.8) is 0 Å². The van der Waals surface area contributed by atoms with E-state index in [1.807, 2.05) is 18.2 Å². The molecule has 1 aromatic rings. The van der Waals surface area contributed by atoms with E-state index in [1.54, 1.807) is 0 Å². The van der Waals surface area contributed by atoms with Gasteiger partial charge in [-0.3, -0.25) is 4.99 Å². The number of hydrogen-bond donors (Lipinski definition) is 3. The van der Waals surface area contributed by atoms with Gasteiger partial charge in [0.2, 0.25) is 0 Å². The standard InChI is InChI=1S/C9H11BrN4/c10-7-5-6(11)1-2-8(7)14-9-12-3-4-13-9/h1-2,5H,3-4,11H2,(H2,12,13,14). The number of benzene rings is 1. The highest BCUT2D eigenvalue weighted by Crippen LogP contribution is 2.24. The Morgan fingerprint density at radius 3 is 3.00 bits per heavy atom. The maximum atomic E-state index is 5.63. The van der Waals surface area contributed by atoms with E-state index in [0.717, 1.165) is 34.9 Å². The Morgan fingerprint density at radius 2 is 2.36 bits per heavy atom. The fourth-order valence-electron chi connectivity index (χ4n) is 1.24. The Bertz CT molecular complexity index is 375. The van der Waals surface area contributed by atoms with Gasteiger partial charge >= 0.3 is 0 Å². The average molecular weight is 255 g/mol. The van der Waals surface area contributed by atoms with Gasteiger partial charge in [-0.05, 0) is 34.1 Å². The molecule has 0 aliphatic carbocycles. The second-order valence-corrected chi connectivity index (χ2v) is 3.88. The number of rotatable bonds is 1. The summed E-state index contributed by atoms with van der Waals surface area (Å²) < 4.78 is 0.939. The van der Waals surface area contributed by atoms with Crippen molar-refractivity contribution in [1.82, 2.24) is 5.32 Å². The zero-order valence-electron chi connectivity index (χ0n) is 7.55. The molecule has 2 rings (SSSR count). The van der Waals surface area contributed by atoms with Crippen LogP contribution < -0.4 is 16.4 Å².